The van der Waals surface area contributed by atoms with Crippen molar-refractivity contribution in [1.29, 1.82) is 0 Å². The lowest BCUT2D eigenvalue weighted by Crippen LogP contribution is -2.35. The molecule has 1 atom stereocenters. The Bertz CT molecular complexity index is 628. The monoisotopic (exact) mass is 288 g/mol. The molecule has 1 aromatic heterocycles. The van der Waals surface area contributed by atoms with Crippen molar-refractivity contribution in [2.24, 2.45) is 0 Å². The third kappa shape index (κ3) is 2.07. The Morgan fingerprint density at radius 1 is 1.19 bits per heavy atom. The molecule has 2 fully saturated rings. The number of ether oxygens (including phenoxy) is 1. The van der Waals surface area contributed by atoms with Crippen LogP contribution in [-0.2, 0) is 10.2 Å². The summed E-state index contributed by atoms with van der Waals surface area (Å²) in [6.07, 6.45) is 4.02. The fraction of sp³-hybridized carbons (Fsp3) is 0.500. The molecule has 1 unspecified atom stereocenters. The van der Waals surface area contributed by atoms with E-state index >= 15 is 0 Å². The molecule has 1 saturated carbocycles. The molecule has 5 heteroatoms. The average molecular weight is 288 g/mol. The minimum Gasteiger partial charge on any atom is -0.381 e. The molecular formula is C16H17FN2O2. The lowest BCUT2D eigenvalue weighted by atomic mass is 9.64. The average Bonchev–Trinajstić information content (AvgIpc) is 3.10. The van der Waals surface area contributed by atoms with Crippen molar-refractivity contribution in [1.82, 2.24) is 10.1 Å². The van der Waals surface area contributed by atoms with E-state index in [0.717, 1.165) is 43.7 Å². The van der Waals surface area contributed by atoms with E-state index in [1.807, 2.05) is 12.1 Å². The molecule has 0 radical (unpaired) electrons. The highest BCUT2D eigenvalue weighted by Crippen LogP contribution is 2.48. The van der Waals surface area contributed by atoms with E-state index in [1.54, 1.807) is 0 Å². The first-order valence-corrected chi connectivity index (χ1v) is 7.46. The molecule has 1 aliphatic heterocycles. The van der Waals surface area contributed by atoms with Gasteiger partial charge < -0.3 is 9.26 Å². The molecule has 0 spiro atoms. The molecule has 4 rings (SSSR count). The van der Waals surface area contributed by atoms with Crippen LogP contribution in [0.5, 0.6) is 0 Å². The Hall–Kier alpha value is -1.75. The maximum Gasteiger partial charge on any atom is 0.237 e. The second-order valence-corrected chi connectivity index (χ2v) is 5.96. The van der Waals surface area contributed by atoms with E-state index in [0.29, 0.717) is 12.5 Å². The van der Waals surface area contributed by atoms with Gasteiger partial charge in [0.2, 0.25) is 5.89 Å². The first-order valence-electron chi connectivity index (χ1n) is 7.46. The van der Waals surface area contributed by atoms with Crippen LogP contribution in [0.25, 0.3) is 0 Å². The molecular weight excluding hydrogens is 271 g/mol. The molecule has 4 nitrogen and oxygen atoms in total. The van der Waals surface area contributed by atoms with Crippen molar-refractivity contribution >= 4 is 0 Å². The number of hydrogen-bond acceptors (Lipinski definition) is 4. The molecule has 0 bridgehead atoms. The quantitative estimate of drug-likeness (QED) is 0.870. The summed E-state index contributed by atoms with van der Waals surface area (Å²) in [6.45, 7) is 1.43. The lowest BCUT2D eigenvalue weighted by Gasteiger charge is -2.38. The largest absolute Gasteiger partial charge is 0.381 e. The number of nitrogens with zero attached hydrogens (tertiary/aromatic N) is 2. The SMILES string of the molecule is Fc1ccc(C2(c3nc(C4CCOC4)no3)CCC2)cc1. The summed E-state index contributed by atoms with van der Waals surface area (Å²) in [7, 11) is 0. The minimum atomic E-state index is -0.224. The van der Waals surface area contributed by atoms with Crippen molar-refractivity contribution in [2.75, 3.05) is 13.2 Å². The van der Waals surface area contributed by atoms with Crippen LogP contribution in [0.1, 0.15) is 48.9 Å². The van der Waals surface area contributed by atoms with Gasteiger partial charge in [-0.15, -0.1) is 0 Å². The summed E-state index contributed by atoms with van der Waals surface area (Å²) in [6, 6.07) is 6.66. The summed E-state index contributed by atoms with van der Waals surface area (Å²) in [5.41, 5.74) is 0.839. The first kappa shape index (κ1) is 13.0. The molecule has 110 valence electrons. The summed E-state index contributed by atoms with van der Waals surface area (Å²) in [5.74, 6) is 1.44. The van der Waals surface area contributed by atoms with Crippen LogP contribution in [0.2, 0.25) is 0 Å². The van der Waals surface area contributed by atoms with Crippen LogP contribution in [0.15, 0.2) is 28.8 Å². The van der Waals surface area contributed by atoms with Crippen LogP contribution in [-0.4, -0.2) is 23.4 Å². The highest BCUT2D eigenvalue weighted by atomic mass is 19.1. The van der Waals surface area contributed by atoms with E-state index < -0.39 is 0 Å². The molecule has 1 aromatic carbocycles. The zero-order chi connectivity index (χ0) is 14.3. The molecule has 0 N–H and O–H groups in total. The number of aromatic nitrogens is 2. The van der Waals surface area contributed by atoms with Gasteiger partial charge in [-0.25, -0.2) is 4.39 Å². The van der Waals surface area contributed by atoms with Gasteiger partial charge in [-0.05, 0) is 37.0 Å². The van der Waals surface area contributed by atoms with Crippen LogP contribution in [0.3, 0.4) is 0 Å². The normalized spacial score (nSPS) is 24.0. The molecule has 2 aliphatic rings. The van der Waals surface area contributed by atoms with Gasteiger partial charge in [0.05, 0.1) is 12.0 Å². The van der Waals surface area contributed by atoms with E-state index in [1.165, 1.54) is 12.1 Å². The zero-order valence-electron chi connectivity index (χ0n) is 11.7. The predicted molar refractivity (Wildman–Crippen MR) is 73.5 cm³/mol. The Labute approximate surface area is 122 Å². The Morgan fingerprint density at radius 2 is 2.00 bits per heavy atom. The lowest BCUT2D eigenvalue weighted by molar-refractivity contribution is 0.192. The third-order valence-electron chi connectivity index (χ3n) is 4.75. The Morgan fingerprint density at radius 3 is 2.62 bits per heavy atom. The summed E-state index contributed by atoms with van der Waals surface area (Å²) >= 11 is 0. The van der Waals surface area contributed by atoms with Gasteiger partial charge in [0.25, 0.3) is 0 Å². The summed E-state index contributed by atoms with van der Waals surface area (Å²) in [5, 5.41) is 4.15. The van der Waals surface area contributed by atoms with E-state index in [2.05, 4.69) is 10.1 Å². The fourth-order valence-electron chi connectivity index (χ4n) is 3.26. The van der Waals surface area contributed by atoms with E-state index in [4.69, 9.17) is 9.26 Å². The first-order chi connectivity index (χ1) is 10.3. The Balaban J connectivity index is 1.67. The molecule has 21 heavy (non-hydrogen) atoms. The third-order valence-corrected chi connectivity index (χ3v) is 4.75. The van der Waals surface area contributed by atoms with Gasteiger partial charge in [-0.3, -0.25) is 0 Å². The second kappa shape index (κ2) is 4.91. The van der Waals surface area contributed by atoms with Crippen LogP contribution >= 0.6 is 0 Å². The van der Waals surface area contributed by atoms with Crippen LogP contribution in [0.4, 0.5) is 4.39 Å². The van der Waals surface area contributed by atoms with Crippen molar-refractivity contribution < 1.29 is 13.7 Å². The molecule has 0 amide bonds. The highest BCUT2D eigenvalue weighted by Gasteiger charge is 2.45. The number of halogens is 1. The van der Waals surface area contributed by atoms with Gasteiger partial charge in [0.15, 0.2) is 5.82 Å². The topological polar surface area (TPSA) is 48.2 Å². The standard InChI is InChI=1S/C16H17FN2O2/c17-13-4-2-12(3-5-13)16(7-1-8-16)15-18-14(19-21-15)11-6-9-20-10-11/h2-5,11H,1,6-10H2. The highest BCUT2D eigenvalue weighted by molar-refractivity contribution is 5.35. The van der Waals surface area contributed by atoms with Gasteiger partial charge in [0.1, 0.15) is 5.82 Å². The van der Waals surface area contributed by atoms with Crippen molar-refractivity contribution in [2.45, 2.75) is 37.0 Å². The molecule has 2 aromatic rings. The summed E-state index contributed by atoms with van der Waals surface area (Å²) in [4.78, 5) is 4.63. The molecule has 1 saturated heterocycles. The van der Waals surface area contributed by atoms with E-state index in [-0.39, 0.29) is 17.2 Å². The second-order valence-electron chi connectivity index (χ2n) is 5.96. The van der Waals surface area contributed by atoms with Crippen LogP contribution in [0, 0.1) is 5.82 Å². The zero-order valence-corrected chi connectivity index (χ0v) is 11.7. The Kier molecular flexibility index (Phi) is 3.03. The van der Waals surface area contributed by atoms with Crippen molar-refractivity contribution in [3.8, 4) is 0 Å². The van der Waals surface area contributed by atoms with Gasteiger partial charge >= 0.3 is 0 Å². The number of hydrogen-bond donors (Lipinski definition) is 0. The van der Waals surface area contributed by atoms with Gasteiger partial charge in [-0.2, -0.15) is 4.98 Å². The molecule has 1 aliphatic carbocycles. The smallest absolute Gasteiger partial charge is 0.237 e. The van der Waals surface area contributed by atoms with Crippen LogP contribution < -0.4 is 0 Å². The minimum absolute atomic E-state index is 0.220. The maximum absolute atomic E-state index is 13.1. The predicted octanol–water partition coefficient (Wildman–Crippen LogP) is 3.18. The van der Waals surface area contributed by atoms with Crippen molar-refractivity contribution in [3.05, 3.63) is 47.4 Å². The maximum atomic E-state index is 13.1. The number of benzene rings is 1. The van der Waals surface area contributed by atoms with Crippen molar-refractivity contribution in [3.63, 3.8) is 0 Å². The summed E-state index contributed by atoms with van der Waals surface area (Å²) < 4.78 is 24.1. The molecule has 2 heterocycles. The fourth-order valence-corrected chi connectivity index (χ4v) is 3.26. The van der Waals surface area contributed by atoms with E-state index in [9.17, 15) is 4.39 Å². The number of rotatable bonds is 3. The van der Waals surface area contributed by atoms with Gasteiger partial charge in [0, 0.05) is 12.5 Å². The van der Waals surface area contributed by atoms with Gasteiger partial charge in [-0.1, -0.05) is 23.7 Å².